The lowest BCUT2D eigenvalue weighted by Crippen LogP contribution is -2.39. The molecule has 0 aliphatic rings. The highest BCUT2D eigenvalue weighted by Crippen LogP contribution is 2.16. The number of nitrogens with one attached hydrogen (secondary N) is 2. The van der Waals surface area contributed by atoms with Crippen LogP contribution in [0, 0.1) is 12.3 Å². The van der Waals surface area contributed by atoms with Crippen molar-refractivity contribution in [3.05, 3.63) is 11.8 Å². The van der Waals surface area contributed by atoms with E-state index in [-0.39, 0.29) is 11.9 Å². The van der Waals surface area contributed by atoms with Crippen LogP contribution in [0.15, 0.2) is 6.07 Å². The van der Waals surface area contributed by atoms with Gasteiger partial charge in [-0.1, -0.05) is 0 Å². The van der Waals surface area contributed by atoms with E-state index in [1.807, 2.05) is 20.8 Å². The Labute approximate surface area is 101 Å². The molecule has 94 valence electrons. The van der Waals surface area contributed by atoms with E-state index in [1.54, 1.807) is 13.1 Å². The Balaban J connectivity index is 2.70. The summed E-state index contributed by atoms with van der Waals surface area (Å²) in [7, 11) is 1.62. The lowest BCUT2D eigenvalue weighted by Gasteiger charge is -2.23. The molecule has 0 aromatic carbocycles. The van der Waals surface area contributed by atoms with Crippen molar-refractivity contribution in [3.8, 4) is 0 Å². The van der Waals surface area contributed by atoms with Gasteiger partial charge in [0.15, 0.2) is 0 Å². The van der Waals surface area contributed by atoms with Crippen LogP contribution >= 0.6 is 0 Å². The van der Waals surface area contributed by atoms with Gasteiger partial charge in [-0.05, 0) is 20.8 Å². The van der Waals surface area contributed by atoms with Crippen LogP contribution < -0.4 is 16.4 Å². The van der Waals surface area contributed by atoms with Crippen LogP contribution in [0.4, 0.5) is 11.8 Å². The molecule has 0 bridgehead atoms. The second kappa shape index (κ2) is 4.99. The molecule has 0 saturated heterocycles. The molecular weight excluding hydrogens is 218 g/mol. The largest absolute Gasteiger partial charge is 0.369 e. The van der Waals surface area contributed by atoms with Gasteiger partial charge in [0, 0.05) is 25.4 Å². The molecule has 0 spiro atoms. The quantitative estimate of drug-likeness (QED) is 0.711. The number of carbonyl (C=O) groups excluding carboxylic acids is 1. The summed E-state index contributed by atoms with van der Waals surface area (Å²) in [4.78, 5) is 19.6. The first kappa shape index (κ1) is 13.2. The molecule has 0 aliphatic carbocycles. The second-order valence-electron chi connectivity index (χ2n) is 4.57. The van der Waals surface area contributed by atoms with Gasteiger partial charge >= 0.3 is 0 Å². The highest BCUT2D eigenvalue weighted by atomic mass is 16.2. The smallest absolute Gasteiger partial charge is 0.227 e. The van der Waals surface area contributed by atoms with Crippen molar-refractivity contribution in [2.24, 2.45) is 5.41 Å². The van der Waals surface area contributed by atoms with E-state index in [1.165, 1.54) is 0 Å². The topological polar surface area (TPSA) is 92.9 Å². The Hall–Kier alpha value is -1.85. The van der Waals surface area contributed by atoms with Gasteiger partial charge < -0.3 is 16.4 Å². The van der Waals surface area contributed by atoms with Gasteiger partial charge in [-0.15, -0.1) is 0 Å². The van der Waals surface area contributed by atoms with Crippen molar-refractivity contribution in [2.45, 2.75) is 20.8 Å². The first-order valence-electron chi connectivity index (χ1n) is 5.42. The Bertz CT molecular complexity index is 396. The molecule has 1 rings (SSSR count). The number of nitrogens with two attached hydrogens (primary N) is 1. The minimum Gasteiger partial charge on any atom is -0.369 e. The number of anilines is 2. The number of aromatic nitrogens is 2. The minimum atomic E-state index is -0.512. The maximum Gasteiger partial charge on any atom is 0.227 e. The predicted octanol–water partition coefficient (Wildman–Crippen LogP) is 0.551. The summed E-state index contributed by atoms with van der Waals surface area (Å²) in [6, 6.07) is 1.79. The maximum atomic E-state index is 11.6. The number of hydrogen-bond donors (Lipinski definition) is 3. The van der Waals surface area contributed by atoms with Crippen molar-refractivity contribution in [1.29, 1.82) is 0 Å². The lowest BCUT2D eigenvalue weighted by atomic mass is 9.92. The second-order valence-corrected chi connectivity index (χ2v) is 4.57. The van der Waals surface area contributed by atoms with E-state index in [4.69, 9.17) is 5.73 Å². The van der Waals surface area contributed by atoms with E-state index >= 15 is 0 Å². The van der Waals surface area contributed by atoms with Gasteiger partial charge in [-0.25, -0.2) is 4.98 Å². The monoisotopic (exact) mass is 237 g/mol. The lowest BCUT2D eigenvalue weighted by molar-refractivity contribution is -0.128. The van der Waals surface area contributed by atoms with Gasteiger partial charge in [0.25, 0.3) is 0 Å². The van der Waals surface area contributed by atoms with Crippen LogP contribution in [0.25, 0.3) is 0 Å². The molecule has 0 aliphatic heterocycles. The van der Waals surface area contributed by atoms with E-state index in [2.05, 4.69) is 20.6 Å². The van der Waals surface area contributed by atoms with Crippen LogP contribution in [0.5, 0.6) is 0 Å². The first-order valence-corrected chi connectivity index (χ1v) is 5.42. The SMILES string of the molecule is CNC(=O)C(C)(C)CNc1cc(C)nc(N)n1. The van der Waals surface area contributed by atoms with Crippen LogP contribution in [0.2, 0.25) is 0 Å². The van der Waals surface area contributed by atoms with Gasteiger partial charge in [0.05, 0.1) is 5.41 Å². The molecule has 4 N–H and O–H groups in total. The Morgan fingerprint density at radius 2 is 2.12 bits per heavy atom. The molecular formula is C11H19N5O. The number of hydrogen-bond acceptors (Lipinski definition) is 5. The fourth-order valence-electron chi connectivity index (χ4n) is 1.41. The third-order valence-electron chi connectivity index (χ3n) is 2.42. The van der Waals surface area contributed by atoms with Gasteiger partial charge in [-0.2, -0.15) is 4.98 Å². The van der Waals surface area contributed by atoms with Crippen LogP contribution in [0.1, 0.15) is 19.5 Å². The van der Waals surface area contributed by atoms with Crippen LogP contribution in [-0.4, -0.2) is 29.5 Å². The van der Waals surface area contributed by atoms with Crippen LogP contribution in [0.3, 0.4) is 0 Å². The summed E-state index contributed by atoms with van der Waals surface area (Å²) in [5.74, 6) is 0.834. The summed E-state index contributed by atoms with van der Waals surface area (Å²) in [6.45, 7) is 6.03. The van der Waals surface area contributed by atoms with Crippen molar-refractivity contribution >= 4 is 17.7 Å². The number of rotatable bonds is 4. The van der Waals surface area contributed by atoms with Gasteiger partial charge in [0.2, 0.25) is 11.9 Å². The summed E-state index contributed by atoms with van der Waals surface area (Å²) in [5.41, 5.74) is 5.82. The number of amides is 1. The van der Waals surface area contributed by atoms with Gasteiger partial charge in [0.1, 0.15) is 5.82 Å². The summed E-state index contributed by atoms with van der Waals surface area (Å²) < 4.78 is 0. The first-order chi connectivity index (χ1) is 7.85. The summed E-state index contributed by atoms with van der Waals surface area (Å²) in [5, 5.41) is 5.72. The molecule has 0 fully saturated rings. The molecule has 1 aromatic heterocycles. The Morgan fingerprint density at radius 3 is 2.65 bits per heavy atom. The molecule has 6 heteroatoms. The van der Waals surface area contributed by atoms with Crippen molar-refractivity contribution in [2.75, 3.05) is 24.6 Å². The number of aryl methyl sites for hydroxylation is 1. The molecule has 17 heavy (non-hydrogen) atoms. The zero-order chi connectivity index (χ0) is 13.1. The fourth-order valence-corrected chi connectivity index (χ4v) is 1.41. The van der Waals surface area contributed by atoms with E-state index in [0.29, 0.717) is 12.4 Å². The molecule has 0 atom stereocenters. The Kier molecular flexibility index (Phi) is 3.88. The Morgan fingerprint density at radius 1 is 1.47 bits per heavy atom. The standard InChI is InChI=1S/C11H19N5O/c1-7-5-8(16-10(12)15-7)14-6-11(2,3)9(17)13-4/h5H,6H2,1-4H3,(H,13,17)(H3,12,14,15,16). The van der Waals surface area contributed by atoms with Crippen LogP contribution in [-0.2, 0) is 4.79 Å². The maximum absolute atomic E-state index is 11.6. The molecule has 1 aromatic rings. The summed E-state index contributed by atoms with van der Waals surface area (Å²) >= 11 is 0. The summed E-state index contributed by atoms with van der Waals surface area (Å²) in [6.07, 6.45) is 0. The van der Waals surface area contributed by atoms with Crippen molar-refractivity contribution in [3.63, 3.8) is 0 Å². The molecule has 0 unspecified atom stereocenters. The van der Waals surface area contributed by atoms with Crippen molar-refractivity contribution < 1.29 is 4.79 Å². The zero-order valence-corrected chi connectivity index (χ0v) is 10.7. The normalized spacial score (nSPS) is 11.1. The highest BCUT2D eigenvalue weighted by Gasteiger charge is 2.26. The minimum absolute atomic E-state index is 0.0243. The highest BCUT2D eigenvalue weighted by molar-refractivity contribution is 5.82. The van der Waals surface area contributed by atoms with E-state index in [9.17, 15) is 4.79 Å². The third-order valence-corrected chi connectivity index (χ3v) is 2.42. The zero-order valence-electron chi connectivity index (χ0n) is 10.7. The average Bonchev–Trinajstić information content (AvgIpc) is 2.24. The van der Waals surface area contributed by atoms with E-state index in [0.717, 1.165) is 5.69 Å². The predicted molar refractivity (Wildman–Crippen MR) is 67.5 cm³/mol. The van der Waals surface area contributed by atoms with E-state index < -0.39 is 5.41 Å². The molecule has 1 amide bonds. The number of nitrogen functional groups attached to an aromatic ring is 1. The molecule has 0 radical (unpaired) electrons. The average molecular weight is 237 g/mol. The number of nitrogens with zero attached hydrogens (tertiary/aromatic N) is 2. The fraction of sp³-hybridized carbons (Fsp3) is 0.545. The van der Waals surface area contributed by atoms with Crippen molar-refractivity contribution in [1.82, 2.24) is 15.3 Å². The molecule has 0 saturated carbocycles. The van der Waals surface area contributed by atoms with Gasteiger partial charge in [-0.3, -0.25) is 4.79 Å². The molecule has 1 heterocycles. The number of carbonyl (C=O) groups is 1. The third kappa shape index (κ3) is 3.58. The molecule has 6 nitrogen and oxygen atoms in total.